The third-order valence-corrected chi connectivity index (χ3v) is 6.93. The largest absolute Gasteiger partial charge is 0.327 e. The summed E-state index contributed by atoms with van der Waals surface area (Å²) in [5, 5.41) is 3.00. The van der Waals surface area contributed by atoms with Crippen LogP contribution in [0, 0.1) is 5.41 Å². The second kappa shape index (κ2) is 6.79. The smallest absolute Gasteiger partial charge is 0.175 e. The second-order valence-electron chi connectivity index (χ2n) is 7.53. The van der Waals surface area contributed by atoms with Crippen LogP contribution in [0.15, 0.2) is 34.5 Å². The van der Waals surface area contributed by atoms with E-state index in [4.69, 9.17) is 10.7 Å². The lowest BCUT2D eigenvalue weighted by molar-refractivity contribution is 0.0891. The summed E-state index contributed by atoms with van der Waals surface area (Å²) in [7, 11) is -3.17. The molecule has 0 spiro atoms. The molecular formula is C18H25N3O2S2. The van der Waals surface area contributed by atoms with Gasteiger partial charge < -0.3 is 5.73 Å². The molecule has 1 unspecified atom stereocenters. The van der Waals surface area contributed by atoms with Gasteiger partial charge in [0.2, 0.25) is 0 Å². The van der Waals surface area contributed by atoms with E-state index >= 15 is 0 Å². The molecule has 1 aromatic carbocycles. The van der Waals surface area contributed by atoms with Gasteiger partial charge in [0, 0.05) is 42.9 Å². The third-order valence-electron chi connectivity index (χ3n) is 4.86. The number of nitrogens with two attached hydrogens (primary N) is 1. The van der Waals surface area contributed by atoms with Gasteiger partial charge in [0.1, 0.15) is 5.01 Å². The Morgan fingerprint density at radius 1 is 1.32 bits per heavy atom. The second-order valence-corrected chi connectivity index (χ2v) is 10.4. The van der Waals surface area contributed by atoms with Gasteiger partial charge in [-0.3, -0.25) is 4.90 Å². The molecule has 7 heteroatoms. The van der Waals surface area contributed by atoms with Crippen LogP contribution in [0.5, 0.6) is 0 Å². The summed E-state index contributed by atoms with van der Waals surface area (Å²) in [6.45, 7) is 7.25. The van der Waals surface area contributed by atoms with Crippen molar-refractivity contribution in [1.29, 1.82) is 0 Å². The van der Waals surface area contributed by atoms with E-state index < -0.39 is 9.84 Å². The highest BCUT2D eigenvalue weighted by molar-refractivity contribution is 7.90. The minimum absolute atomic E-state index is 0.124. The highest BCUT2D eigenvalue weighted by atomic mass is 32.2. The van der Waals surface area contributed by atoms with Crippen molar-refractivity contribution in [3.05, 3.63) is 35.3 Å². The molecule has 1 fully saturated rings. The number of rotatable bonds is 4. The number of benzene rings is 1. The first-order valence-electron chi connectivity index (χ1n) is 8.38. The van der Waals surface area contributed by atoms with Gasteiger partial charge in [-0.25, -0.2) is 13.4 Å². The highest BCUT2D eigenvalue weighted by Crippen LogP contribution is 2.30. The molecule has 1 atom stereocenters. The molecule has 0 aliphatic carbocycles. The van der Waals surface area contributed by atoms with Gasteiger partial charge in [0.05, 0.1) is 10.6 Å². The van der Waals surface area contributed by atoms with Crippen LogP contribution >= 0.6 is 11.3 Å². The van der Waals surface area contributed by atoms with E-state index in [-0.39, 0.29) is 11.5 Å². The van der Waals surface area contributed by atoms with Gasteiger partial charge in [-0.15, -0.1) is 11.3 Å². The predicted molar refractivity (Wildman–Crippen MR) is 102 cm³/mol. The molecular weight excluding hydrogens is 354 g/mol. The van der Waals surface area contributed by atoms with E-state index in [1.54, 1.807) is 23.5 Å². The van der Waals surface area contributed by atoms with E-state index in [0.717, 1.165) is 42.3 Å². The first-order valence-corrected chi connectivity index (χ1v) is 11.1. The zero-order chi connectivity index (χ0) is 18.2. The number of piperidine rings is 1. The number of sulfone groups is 1. The summed E-state index contributed by atoms with van der Waals surface area (Å²) in [5.74, 6) is 0. The van der Waals surface area contributed by atoms with Crippen LogP contribution in [-0.2, 0) is 16.4 Å². The van der Waals surface area contributed by atoms with Gasteiger partial charge in [0.25, 0.3) is 0 Å². The molecule has 1 saturated heterocycles. The molecule has 25 heavy (non-hydrogen) atoms. The zero-order valence-corrected chi connectivity index (χ0v) is 16.5. The average Bonchev–Trinajstić information content (AvgIpc) is 2.98. The molecule has 0 radical (unpaired) electrons. The van der Waals surface area contributed by atoms with E-state index in [0.29, 0.717) is 4.90 Å². The first-order chi connectivity index (χ1) is 11.6. The minimum Gasteiger partial charge on any atom is -0.327 e. The Morgan fingerprint density at radius 2 is 2.00 bits per heavy atom. The molecule has 2 N–H and O–H groups in total. The maximum Gasteiger partial charge on any atom is 0.175 e. The molecule has 136 valence electrons. The van der Waals surface area contributed by atoms with Crippen LogP contribution in [0.3, 0.4) is 0 Å². The lowest BCUT2D eigenvalue weighted by atomic mass is 9.80. The first kappa shape index (κ1) is 18.5. The number of likely N-dealkylation sites (tertiary alicyclic amines) is 1. The number of aromatic nitrogens is 1. The fourth-order valence-corrected chi connectivity index (χ4v) is 4.65. The molecule has 2 heterocycles. The van der Waals surface area contributed by atoms with Crippen molar-refractivity contribution in [2.75, 3.05) is 19.3 Å². The maximum absolute atomic E-state index is 11.6. The number of nitrogens with zero attached hydrogens (tertiary/aromatic N) is 2. The summed E-state index contributed by atoms with van der Waals surface area (Å²) >= 11 is 1.59. The molecule has 2 aromatic rings. The number of thiazole rings is 1. The van der Waals surface area contributed by atoms with Crippen LogP contribution in [0.25, 0.3) is 10.6 Å². The quantitative estimate of drug-likeness (QED) is 0.884. The van der Waals surface area contributed by atoms with Crippen molar-refractivity contribution in [2.24, 2.45) is 11.1 Å². The van der Waals surface area contributed by atoms with Gasteiger partial charge in [-0.2, -0.15) is 0 Å². The van der Waals surface area contributed by atoms with E-state index in [1.165, 1.54) is 6.26 Å². The van der Waals surface area contributed by atoms with E-state index in [9.17, 15) is 8.42 Å². The molecule has 0 saturated carbocycles. The Kier molecular flexibility index (Phi) is 5.03. The Bertz CT molecular complexity index is 841. The van der Waals surface area contributed by atoms with Gasteiger partial charge in [-0.05, 0) is 24.0 Å². The summed E-state index contributed by atoms with van der Waals surface area (Å²) in [6, 6.07) is 7.17. The molecule has 5 nitrogen and oxygen atoms in total. The minimum atomic E-state index is -3.17. The van der Waals surface area contributed by atoms with Crippen molar-refractivity contribution in [2.45, 2.75) is 37.8 Å². The van der Waals surface area contributed by atoms with Gasteiger partial charge in [-0.1, -0.05) is 26.0 Å². The van der Waals surface area contributed by atoms with Gasteiger partial charge in [0.15, 0.2) is 9.84 Å². The van der Waals surface area contributed by atoms with Gasteiger partial charge >= 0.3 is 0 Å². The standard InChI is InChI=1S/C18H25N3O2S2/c1-18(2)12-21(9-8-16(18)19)10-14-11-24-17(20-14)13-4-6-15(7-5-13)25(3,22)23/h4-7,11,16H,8-10,12,19H2,1-3H3. The predicted octanol–water partition coefficient (Wildman–Crippen LogP) is 2.77. The molecule has 1 aliphatic heterocycles. The fraction of sp³-hybridized carbons (Fsp3) is 0.500. The fourth-order valence-electron chi connectivity index (χ4n) is 3.21. The van der Waals surface area contributed by atoms with E-state index in [1.807, 2.05) is 12.1 Å². The molecule has 3 rings (SSSR count). The van der Waals surface area contributed by atoms with Crippen molar-refractivity contribution in [1.82, 2.24) is 9.88 Å². The summed E-state index contributed by atoms with van der Waals surface area (Å²) < 4.78 is 23.1. The Hall–Kier alpha value is -1.28. The number of hydrogen-bond acceptors (Lipinski definition) is 6. The van der Waals surface area contributed by atoms with Crippen LogP contribution in [0.4, 0.5) is 0 Å². The zero-order valence-electron chi connectivity index (χ0n) is 14.9. The molecule has 1 aromatic heterocycles. The molecule has 1 aliphatic rings. The lowest BCUT2D eigenvalue weighted by Crippen LogP contribution is -2.52. The maximum atomic E-state index is 11.6. The Morgan fingerprint density at radius 3 is 2.60 bits per heavy atom. The summed E-state index contributed by atoms with van der Waals surface area (Å²) in [6.07, 6.45) is 2.23. The lowest BCUT2D eigenvalue weighted by Gasteiger charge is -2.42. The SMILES string of the molecule is CC1(C)CN(Cc2csc(-c3ccc(S(C)(=O)=O)cc3)n2)CCC1N. The van der Waals surface area contributed by atoms with Crippen LogP contribution in [0.1, 0.15) is 26.0 Å². The Labute approximate surface area is 153 Å². The Balaban J connectivity index is 1.70. The highest BCUT2D eigenvalue weighted by Gasteiger charge is 2.33. The van der Waals surface area contributed by atoms with Crippen LogP contribution in [-0.4, -0.2) is 43.7 Å². The average molecular weight is 380 g/mol. The summed E-state index contributed by atoms with van der Waals surface area (Å²) in [5.41, 5.74) is 8.33. The van der Waals surface area contributed by atoms with Crippen molar-refractivity contribution >= 4 is 21.2 Å². The van der Waals surface area contributed by atoms with Crippen molar-refractivity contribution in [3.8, 4) is 10.6 Å². The summed E-state index contributed by atoms with van der Waals surface area (Å²) in [4.78, 5) is 7.47. The monoisotopic (exact) mass is 379 g/mol. The number of hydrogen-bond donors (Lipinski definition) is 1. The normalized spacial score (nSPS) is 21.4. The van der Waals surface area contributed by atoms with Crippen molar-refractivity contribution < 1.29 is 8.42 Å². The molecule has 0 amide bonds. The van der Waals surface area contributed by atoms with Crippen LogP contribution < -0.4 is 5.73 Å². The topological polar surface area (TPSA) is 76.3 Å². The van der Waals surface area contributed by atoms with Crippen molar-refractivity contribution in [3.63, 3.8) is 0 Å². The third kappa shape index (κ3) is 4.28. The van der Waals surface area contributed by atoms with E-state index in [2.05, 4.69) is 24.1 Å². The van der Waals surface area contributed by atoms with Crippen LogP contribution in [0.2, 0.25) is 0 Å². The molecule has 0 bridgehead atoms.